The summed E-state index contributed by atoms with van der Waals surface area (Å²) in [6.45, 7) is 0.0876. The van der Waals surface area contributed by atoms with Crippen LogP contribution in [0, 0.1) is 0 Å². The second-order valence-corrected chi connectivity index (χ2v) is 3.18. The molecule has 3 nitrogen and oxygen atoms in total. The summed E-state index contributed by atoms with van der Waals surface area (Å²) in [6.07, 6.45) is 4.25. The summed E-state index contributed by atoms with van der Waals surface area (Å²) in [5, 5.41) is 9.12. The van der Waals surface area contributed by atoms with Gasteiger partial charge in [-0.1, -0.05) is 24.3 Å². The molecule has 1 aromatic carbocycles. The van der Waals surface area contributed by atoms with Crippen molar-refractivity contribution in [3.63, 3.8) is 0 Å². The van der Waals surface area contributed by atoms with Gasteiger partial charge in [-0.2, -0.15) is 0 Å². The molecular weight excluding hydrogens is 176 g/mol. The number of aliphatic hydroxyl groups excluding tert-OH is 1. The van der Waals surface area contributed by atoms with Crippen molar-refractivity contribution in [1.82, 2.24) is 9.97 Å². The number of hydrogen-bond acceptors (Lipinski definition) is 2. The monoisotopic (exact) mass is 188 g/mol. The van der Waals surface area contributed by atoms with E-state index in [0.29, 0.717) is 0 Å². The average molecular weight is 188 g/mol. The summed E-state index contributed by atoms with van der Waals surface area (Å²) in [5.74, 6) is 0. The van der Waals surface area contributed by atoms with E-state index in [4.69, 9.17) is 5.11 Å². The molecule has 14 heavy (non-hydrogen) atoms. The van der Waals surface area contributed by atoms with Crippen LogP contribution in [0.1, 0.15) is 16.8 Å². The standard InChI is InChI=1S/C11H12N2O/c14-7-10-4-2-1-3-9(10)5-11-6-12-8-13-11/h1-4,6,8,14H,5,7H2,(H,12,13). The summed E-state index contributed by atoms with van der Waals surface area (Å²) < 4.78 is 0. The largest absolute Gasteiger partial charge is 0.392 e. The molecule has 72 valence electrons. The van der Waals surface area contributed by atoms with Gasteiger partial charge in [0.15, 0.2) is 0 Å². The molecule has 2 aromatic rings. The van der Waals surface area contributed by atoms with E-state index >= 15 is 0 Å². The third-order valence-electron chi connectivity index (χ3n) is 2.22. The zero-order valence-electron chi connectivity index (χ0n) is 7.77. The molecule has 3 heteroatoms. The molecule has 1 aromatic heterocycles. The van der Waals surface area contributed by atoms with Gasteiger partial charge in [0.2, 0.25) is 0 Å². The first-order chi connectivity index (χ1) is 6.90. The molecule has 2 rings (SSSR count). The fraction of sp³-hybridized carbons (Fsp3) is 0.182. The van der Waals surface area contributed by atoms with E-state index < -0.39 is 0 Å². The van der Waals surface area contributed by atoms with Gasteiger partial charge in [0.25, 0.3) is 0 Å². The van der Waals surface area contributed by atoms with E-state index in [1.54, 1.807) is 12.5 Å². The van der Waals surface area contributed by atoms with Crippen LogP contribution in [0.15, 0.2) is 36.8 Å². The van der Waals surface area contributed by atoms with Crippen molar-refractivity contribution in [3.05, 3.63) is 53.6 Å². The summed E-state index contributed by atoms with van der Waals surface area (Å²) >= 11 is 0. The molecule has 0 fully saturated rings. The van der Waals surface area contributed by atoms with Crippen LogP contribution in [0.5, 0.6) is 0 Å². The van der Waals surface area contributed by atoms with Gasteiger partial charge >= 0.3 is 0 Å². The number of rotatable bonds is 3. The number of benzene rings is 1. The third kappa shape index (κ3) is 1.83. The second kappa shape index (κ2) is 4.07. The first-order valence-corrected chi connectivity index (χ1v) is 4.55. The van der Waals surface area contributed by atoms with E-state index in [-0.39, 0.29) is 6.61 Å². The first-order valence-electron chi connectivity index (χ1n) is 4.55. The number of nitrogens with one attached hydrogen (secondary N) is 1. The Morgan fingerprint density at radius 1 is 1.21 bits per heavy atom. The van der Waals surface area contributed by atoms with Crippen LogP contribution < -0.4 is 0 Å². The Hall–Kier alpha value is -1.61. The summed E-state index contributed by atoms with van der Waals surface area (Å²) in [6, 6.07) is 7.87. The Balaban J connectivity index is 2.24. The summed E-state index contributed by atoms with van der Waals surface area (Å²) in [5.41, 5.74) is 3.17. The van der Waals surface area contributed by atoms with E-state index in [1.807, 2.05) is 24.3 Å². The van der Waals surface area contributed by atoms with E-state index in [0.717, 1.165) is 23.2 Å². The van der Waals surface area contributed by atoms with Gasteiger partial charge in [0, 0.05) is 18.3 Å². The number of H-pyrrole nitrogens is 1. The zero-order valence-corrected chi connectivity index (χ0v) is 7.77. The van der Waals surface area contributed by atoms with Crippen molar-refractivity contribution < 1.29 is 5.11 Å². The molecule has 0 aliphatic heterocycles. The molecule has 0 bridgehead atoms. The van der Waals surface area contributed by atoms with Crippen LogP contribution in [-0.2, 0) is 13.0 Å². The number of imidazole rings is 1. The van der Waals surface area contributed by atoms with Gasteiger partial charge in [0.1, 0.15) is 0 Å². The molecular formula is C11H12N2O. The van der Waals surface area contributed by atoms with Gasteiger partial charge in [-0.3, -0.25) is 0 Å². The predicted octanol–water partition coefficient (Wildman–Crippen LogP) is 1.49. The lowest BCUT2D eigenvalue weighted by atomic mass is 10.0. The van der Waals surface area contributed by atoms with Gasteiger partial charge in [-0.05, 0) is 11.1 Å². The molecule has 0 amide bonds. The highest BCUT2D eigenvalue weighted by atomic mass is 16.3. The topological polar surface area (TPSA) is 48.9 Å². The maximum atomic E-state index is 9.12. The number of hydrogen-bond donors (Lipinski definition) is 2. The Morgan fingerprint density at radius 2 is 2.00 bits per heavy atom. The van der Waals surface area contributed by atoms with Gasteiger partial charge < -0.3 is 10.1 Å². The van der Waals surface area contributed by atoms with Crippen LogP contribution in [0.25, 0.3) is 0 Å². The highest BCUT2D eigenvalue weighted by molar-refractivity contribution is 5.29. The quantitative estimate of drug-likeness (QED) is 0.766. The molecule has 0 spiro atoms. The van der Waals surface area contributed by atoms with Gasteiger partial charge in [-0.15, -0.1) is 0 Å². The fourth-order valence-corrected chi connectivity index (χ4v) is 1.47. The Morgan fingerprint density at radius 3 is 2.64 bits per heavy atom. The lowest BCUT2D eigenvalue weighted by molar-refractivity contribution is 0.281. The molecule has 0 saturated heterocycles. The minimum atomic E-state index is 0.0876. The van der Waals surface area contributed by atoms with Gasteiger partial charge in [-0.25, -0.2) is 4.98 Å². The lowest BCUT2D eigenvalue weighted by Crippen LogP contribution is -1.95. The van der Waals surface area contributed by atoms with Crippen LogP contribution in [0.3, 0.4) is 0 Å². The molecule has 0 aliphatic carbocycles. The first kappa shape index (κ1) is 8.97. The second-order valence-electron chi connectivity index (χ2n) is 3.18. The van der Waals surface area contributed by atoms with Crippen LogP contribution in [0.2, 0.25) is 0 Å². The molecule has 0 aliphatic rings. The SMILES string of the molecule is OCc1ccccc1Cc1cnc[nH]1. The zero-order chi connectivity index (χ0) is 9.80. The number of aliphatic hydroxyl groups is 1. The van der Waals surface area contributed by atoms with E-state index in [9.17, 15) is 0 Å². The highest BCUT2D eigenvalue weighted by Crippen LogP contribution is 2.12. The number of aromatic nitrogens is 2. The molecule has 2 N–H and O–H groups in total. The van der Waals surface area contributed by atoms with Crippen molar-refractivity contribution in [3.8, 4) is 0 Å². The normalized spacial score (nSPS) is 10.4. The fourth-order valence-electron chi connectivity index (χ4n) is 1.47. The van der Waals surface area contributed by atoms with E-state index in [1.165, 1.54) is 0 Å². The molecule has 0 unspecified atom stereocenters. The van der Waals surface area contributed by atoms with Crippen molar-refractivity contribution >= 4 is 0 Å². The Labute approximate surface area is 82.4 Å². The Bertz CT molecular complexity index is 395. The highest BCUT2D eigenvalue weighted by Gasteiger charge is 2.02. The van der Waals surface area contributed by atoms with Crippen LogP contribution >= 0.6 is 0 Å². The van der Waals surface area contributed by atoms with Gasteiger partial charge in [0.05, 0.1) is 12.9 Å². The number of aromatic amines is 1. The predicted molar refractivity (Wildman–Crippen MR) is 53.8 cm³/mol. The van der Waals surface area contributed by atoms with Crippen molar-refractivity contribution in [1.29, 1.82) is 0 Å². The number of nitrogens with zero attached hydrogens (tertiary/aromatic N) is 1. The molecule has 0 atom stereocenters. The Kier molecular flexibility index (Phi) is 2.60. The summed E-state index contributed by atoms with van der Waals surface area (Å²) in [4.78, 5) is 7.00. The molecule has 0 radical (unpaired) electrons. The smallest absolute Gasteiger partial charge is 0.0921 e. The van der Waals surface area contributed by atoms with Crippen LogP contribution in [-0.4, -0.2) is 15.1 Å². The van der Waals surface area contributed by atoms with Crippen molar-refractivity contribution in [2.45, 2.75) is 13.0 Å². The van der Waals surface area contributed by atoms with Crippen LogP contribution in [0.4, 0.5) is 0 Å². The third-order valence-corrected chi connectivity index (χ3v) is 2.22. The van der Waals surface area contributed by atoms with Crippen molar-refractivity contribution in [2.75, 3.05) is 0 Å². The maximum Gasteiger partial charge on any atom is 0.0921 e. The molecule has 0 saturated carbocycles. The lowest BCUT2D eigenvalue weighted by Gasteiger charge is -2.04. The van der Waals surface area contributed by atoms with Crippen molar-refractivity contribution in [2.24, 2.45) is 0 Å². The van der Waals surface area contributed by atoms with E-state index in [2.05, 4.69) is 9.97 Å². The minimum Gasteiger partial charge on any atom is -0.392 e. The molecule has 1 heterocycles. The summed E-state index contributed by atoms with van der Waals surface area (Å²) in [7, 11) is 0. The average Bonchev–Trinajstić information content (AvgIpc) is 2.71. The maximum absolute atomic E-state index is 9.12. The minimum absolute atomic E-state index is 0.0876.